The quantitative estimate of drug-likeness (QED) is 0.568. The molecule has 1 aromatic heterocycles. The first-order valence-electron chi connectivity index (χ1n) is 12.4. The Morgan fingerprint density at radius 2 is 1.69 bits per heavy atom. The zero-order valence-electron chi connectivity index (χ0n) is 20.5. The number of rotatable bonds is 5. The van der Waals surface area contributed by atoms with E-state index in [9.17, 15) is 14.4 Å². The van der Waals surface area contributed by atoms with E-state index in [1.54, 1.807) is 4.90 Å². The normalized spacial score (nSPS) is 21.1. The third-order valence-electron chi connectivity index (χ3n) is 7.54. The second-order valence-electron chi connectivity index (χ2n) is 10.00. The van der Waals surface area contributed by atoms with Crippen LogP contribution in [-0.4, -0.2) is 38.8 Å². The van der Waals surface area contributed by atoms with E-state index in [-0.39, 0.29) is 29.8 Å². The summed E-state index contributed by atoms with van der Waals surface area (Å²) >= 11 is 0. The molecule has 1 saturated carbocycles. The molecule has 5 rings (SSSR count). The number of nitrogens with zero attached hydrogens (tertiary/aromatic N) is 2. The average Bonchev–Trinajstić information content (AvgIpc) is 3.46. The number of benzene rings is 2. The first-order valence-corrected chi connectivity index (χ1v) is 12.4. The number of anilines is 1. The monoisotopic (exact) mass is 472 g/mol. The summed E-state index contributed by atoms with van der Waals surface area (Å²) in [5.41, 5.74) is 1.58. The predicted octanol–water partition coefficient (Wildman–Crippen LogP) is 4.63. The molecule has 3 aromatic rings. The van der Waals surface area contributed by atoms with Crippen molar-refractivity contribution in [2.75, 3.05) is 5.32 Å². The van der Waals surface area contributed by atoms with Gasteiger partial charge in [0.05, 0.1) is 23.8 Å². The van der Waals surface area contributed by atoms with Crippen LogP contribution in [0, 0.1) is 0 Å². The van der Waals surface area contributed by atoms with Crippen LogP contribution in [0.2, 0.25) is 0 Å². The van der Waals surface area contributed by atoms with Crippen LogP contribution in [0.5, 0.6) is 0 Å². The van der Waals surface area contributed by atoms with Gasteiger partial charge in [0.1, 0.15) is 11.2 Å². The van der Waals surface area contributed by atoms with Gasteiger partial charge < -0.3 is 20.1 Å². The number of para-hydroxylation sites is 1. The number of fused-ring (bicyclic) bond motifs is 3. The highest BCUT2D eigenvalue weighted by Crippen LogP contribution is 2.42. The van der Waals surface area contributed by atoms with Crippen LogP contribution in [-0.2, 0) is 16.1 Å². The van der Waals surface area contributed by atoms with Crippen molar-refractivity contribution in [1.29, 1.82) is 0 Å². The van der Waals surface area contributed by atoms with E-state index in [1.165, 1.54) is 6.92 Å². The third kappa shape index (κ3) is 3.89. The molecule has 2 N–H and O–H groups in total. The molecule has 1 aliphatic heterocycles. The zero-order valence-corrected chi connectivity index (χ0v) is 20.5. The minimum atomic E-state index is -1.11. The lowest BCUT2D eigenvalue weighted by Crippen LogP contribution is -2.65. The van der Waals surface area contributed by atoms with E-state index in [2.05, 4.69) is 10.6 Å². The summed E-state index contributed by atoms with van der Waals surface area (Å²) in [4.78, 5) is 42.1. The van der Waals surface area contributed by atoms with Crippen molar-refractivity contribution in [3.63, 3.8) is 0 Å². The second-order valence-corrected chi connectivity index (χ2v) is 10.00. The zero-order chi connectivity index (χ0) is 24.7. The van der Waals surface area contributed by atoms with Gasteiger partial charge in [-0.25, -0.2) is 0 Å². The largest absolute Gasteiger partial charge is 0.351 e. The summed E-state index contributed by atoms with van der Waals surface area (Å²) in [5.74, 6) is -0.645. The Labute approximate surface area is 205 Å². The minimum Gasteiger partial charge on any atom is -0.351 e. The van der Waals surface area contributed by atoms with E-state index < -0.39 is 5.54 Å². The van der Waals surface area contributed by atoms with Crippen LogP contribution >= 0.6 is 0 Å². The topological polar surface area (TPSA) is 83.4 Å². The van der Waals surface area contributed by atoms with Gasteiger partial charge in [0.15, 0.2) is 0 Å². The van der Waals surface area contributed by atoms with Crippen molar-refractivity contribution < 1.29 is 14.4 Å². The number of amides is 3. The molecule has 35 heavy (non-hydrogen) atoms. The molecule has 0 spiro atoms. The molecule has 2 atom stereocenters. The number of hydrogen-bond acceptors (Lipinski definition) is 3. The molecular weight excluding hydrogens is 440 g/mol. The lowest BCUT2D eigenvalue weighted by Gasteiger charge is -2.47. The maximum atomic E-state index is 14.3. The van der Waals surface area contributed by atoms with E-state index in [4.69, 9.17) is 0 Å². The summed E-state index contributed by atoms with van der Waals surface area (Å²) in [6.45, 7) is 5.56. The molecule has 3 amide bonds. The van der Waals surface area contributed by atoms with E-state index in [0.29, 0.717) is 17.9 Å². The van der Waals surface area contributed by atoms with Gasteiger partial charge in [0, 0.05) is 18.4 Å². The Hall–Kier alpha value is -3.61. The highest BCUT2D eigenvalue weighted by Gasteiger charge is 2.51. The fourth-order valence-electron chi connectivity index (χ4n) is 5.79. The van der Waals surface area contributed by atoms with Crippen molar-refractivity contribution in [2.24, 2.45) is 0 Å². The lowest BCUT2D eigenvalue weighted by atomic mass is 9.90. The van der Waals surface area contributed by atoms with Crippen LogP contribution in [0.25, 0.3) is 10.9 Å². The Kier molecular flexibility index (Phi) is 5.87. The highest BCUT2D eigenvalue weighted by atomic mass is 16.2. The number of carbonyl (C=O) groups excluding carboxylic acids is 3. The summed E-state index contributed by atoms with van der Waals surface area (Å²) in [6, 6.07) is 17.2. The number of aromatic nitrogens is 1. The molecule has 7 nitrogen and oxygen atoms in total. The van der Waals surface area contributed by atoms with Crippen molar-refractivity contribution in [1.82, 2.24) is 14.8 Å². The van der Waals surface area contributed by atoms with Crippen LogP contribution in [0.4, 0.5) is 5.69 Å². The maximum absolute atomic E-state index is 14.3. The van der Waals surface area contributed by atoms with Crippen molar-refractivity contribution in [3.8, 4) is 0 Å². The third-order valence-corrected chi connectivity index (χ3v) is 7.54. The lowest BCUT2D eigenvalue weighted by molar-refractivity contribution is -0.134. The molecule has 1 fully saturated rings. The summed E-state index contributed by atoms with van der Waals surface area (Å²) < 4.78 is 1.91. The molecule has 0 saturated heterocycles. The smallest absolute Gasteiger partial charge is 0.274 e. The van der Waals surface area contributed by atoms with Crippen molar-refractivity contribution in [3.05, 3.63) is 65.9 Å². The van der Waals surface area contributed by atoms with Crippen molar-refractivity contribution >= 4 is 34.3 Å². The second kappa shape index (κ2) is 8.87. The van der Waals surface area contributed by atoms with E-state index in [1.807, 2.05) is 73.0 Å². The number of carbonyl (C=O) groups is 3. The van der Waals surface area contributed by atoms with Gasteiger partial charge in [-0.1, -0.05) is 61.4 Å². The number of nitrogens with one attached hydrogen (secondary N) is 2. The molecule has 7 heteroatoms. The molecule has 0 unspecified atom stereocenters. The Morgan fingerprint density at radius 3 is 2.37 bits per heavy atom. The molecule has 2 aliphatic rings. The van der Waals surface area contributed by atoms with Crippen LogP contribution in [0.3, 0.4) is 0 Å². The molecular formula is C28H32N4O3. The molecule has 0 bridgehead atoms. The first-order chi connectivity index (χ1) is 16.8. The van der Waals surface area contributed by atoms with Crippen LogP contribution < -0.4 is 10.6 Å². The number of hydrogen-bond donors (Lipinski definition) is 2. The van der Waals surface area contributed by atoms with Gasteiger partial charge in [-0.15, -0.1) is 0 Å². The maximum Gasteiger partial charge on any atom is 0.274 e. The van der Waals surface area contributed by atoms with Gasteiger partial charge >= 0.3 is 0 Å². The van der Waals surface area contributed by atoms with E-state index >= 15 is 0 Å². The Bertz CT molecular complexity index is 1290. The standard InChI is InChI=1S/C28H32N4O3/c1-18(20-11-5-4-6-12-20)32-26(34)25-24(29-19(2)33)22-15-9-10-16-23(22)31(25)17-28(32,3)27(35)30-21-13-7-8-14-21/h4-6,9-12,15-16,18,21H,7-8,13-14,17H2,1-3H3,(H,29,33)(H,30,35)/t18-,28+/m0/s1. The molecule has 2 aromatic carbocycles. The van der Waals surface area contributed by atoms with Gasteiger partial charge in [-0.05, 0) is 38.3 Å². The average molecular weight is 473 g/mol. The Balaban J connectivity index is 1.68. The molecule has 2 heterocycles. The highest BCUT2D eigenvalue weighted by molar-refractivity contribution is 6.14. The Morgan fingerprint density at radius 1 is 1.03 bits per heavy atom. The van der Waals surface area contributed by atoms with E-state index in [0.717, 1.165) is 42.1 Å². The van der Waals surface area contributed by atoms with Gasteiger partial charge in [-0.2, -0.15) is 0 Å². The van der Waals surface area contributed by atoms with Crippen LogP contribution in [0.1, 0.15) is 68.5 Å². The van der Waals surface area contributed by atoms with Gasteiger partial charge in [-0.3, -0.25) is 14.4 Å². The van der Waals surface area contributed by atoms with Crippen molar-refractivity contribution in [2.45, 2.75) is 70.6 Å². The molecule has 0 radical (unpaired) electrons. The minimum absolute atomic E-state index is 0.134. The predicted molar refractivity (Wildman–Crippen MR) is 136 cm³/mol. The van der Waals surface area contributed by atoms with Crippen LogP contribution in [0.15, 0.2) is 54.6 Å². The first kappa shape index (κ1) is 23.1. The van der Waals surface area contributed by atoms with Gasteiger partial charge in [0.2, 0.25) is 11.8 Å². The summed E-state index contributed by atoms with van der Waals surface area (Å²) in [7, 11) is 0. The fourth-order valence-corrected chi connectivity index (χ4v) is 5.79. The summed E-state index contributed by atoms with van der Waals surface area (Å²) in [5, 5.41) is 6.93. The molecule has 182 valence electrons. The van der Waals surface area contributed by atoms with Gasteiger partial charge in [0.25, 0.3) is 5.91 Å². The molecule has 1 aliphatic carbocycles. The summed E-state index contributed by atoms with van der Waals surface area (Å²) in [6.07, 6.45) is 4.15. The SMILES string of the molecule is CC(=O)Nc1c2n(c3ccccc13)C[C@](C)(C(=O)NC1CCCC1)N([C@@H](C)c1ccccc1)C2=O. The fraction of sp³-hybridized carbons (Fsp3) is 0.393.